The van der Waals surface area contributed by atoms with Crippen LogP contribution in [0.3, 0.4) is 0 Å². The molecule has 216 valence electrons. The number of benzene rings is 2. The fraction of sp³-hybridized carbons (Fsp3) is 0.172. The lowest BCUT2D eigenvalue weighted by atomic mass is 10.0. The monoisotopic (exact) mass is 597 g/mol. The van der Waals surface area contributed by atoms with Gasteiger partial charge >= 0.3 is 12.1 Å². The minimum Gasteiger partial charge on any atom is -0.618 e. The minimum atomic E-state index is -4.54. The fourth-order valence-electron chi connectivity index (χ4n) is 4.49. The first-order valence-corrected chi connectivity index (χ1v) is 12.9. The summed E-state index contributed by atoms with van der Waals surface area (Å²) in [5.74, 6) is -1.10. The highest BCUT2D eigenvalue weighted by atomic mass is 35.5. The molecule has 0 aliphatic rings. The van der Waals surface area contributed by atoms with Crippen molar-refractivity contribution in [3.63, 3.8) is 0 Å². The molecular weight excluding hydrogens is 575 g/mol. The number of hydrogen-bond donors (Lipinski definition) is 1. The molecule has 9 nitrogen and oxygen atoms in total. The SMILES string of the molecule is Cn1ccc(C[C@H](c2ccc(-c3cc(Cl)ccc3OCC(F)(F)F)c[n+]2[O-])n2cc(-c3ccc(C(=O)O)cc3)cn2)n1. The normalized spacial score (nSPS) is 12.3. The Morgan fingerprint density at radius 1 is 1.10 bits per heavy atom. The molecule has 0 radical (unpaired) electrons. The first-order valence-electron chi connectivity index (χ1n) is 12.6. The van der Waals surface area contributed by atoms with Crippen LogP contribution in [0.5, 0.6) is 5.75 Å². The van der Waals surface area contributed by atoms with Gasteiger partial charge in [-0.25, -0.2) is 4.79 Å². The number of ether oxygens (including phenoxy) is 1. The topological polar surface area (TPSA) is 109 Å². The lowest BCUT2D eigenvalue weighted by Gasteiger charge is -2.18. The Balaban J connectivity index is 1.51. The van der Waals surface area contributed by atoms with E-state index in [1.807, 2.05) is 6.07 Å². The number of aromatic nitrogens is 5. The third-order valence-corrected chi connectivity index (χ3v) is 6.72. The average Bonchev–Trinajstić information content (AvgIpc) is 3.60. The molecule has 0 aliphatic heterocycles. The second-order valence-electron chi connectivity index (χ2n) is 9.50. The summed E-state index contributed by atoms with van der Waals surface area (Å²) in [5, 5.41) is 31.8. The molecule has 0 bridgehead atoms. The van der Waals surface area contributed by atoms with Crippen LogP contribution in [0.2, 0.25) is 5.02 Å². The molecule has 0 spiro atoms. The van der Waals surface area contributed by atoms with Gasteiger partial charge in [0, 0.05) is 48.1 Å². The molecule has 42 heavy (non-hydrogen) atoms. The van der Waals surface area contributed by atoms with Crippen LogP contribution >= 0.6 is 11.6 Å². The first kappa shape index (κ1) is 28.7. The third-order valence-electron chi connectivity index (χ3n) is 6.49. The summed E-state index contributed by atoms with van der Waals surface area (Å²) >= 11 is 6.12. The number of rotatable bonds is 9. The smallest absolute Gasteiger partial charge is 0.422 e. The number of pyridine rings is 1. The van der Waals surface area contributed by atoms with E-state index in [1.54, 1.807) is 59.3 Å². The Bertz CT molecular complexity index is 1730. The van der Waals surface area contributed by atoms with Crippen LogP contribution in [-0.4, -0.2) is 43.4 Å². The zero-order valence-electron chi connectivity index (χ0n) is 22.0. The van der Waals surface area contributed by atoms with Crippen LogP contribution in [0.4, 0.5) is 13.2 Å². The van der Waals surface area contributed by atoms with Crippen LogP contribution in [0.25, 0.3) is 22.3 Å². The molecule has 0 amide bonds. The highest BCUT2D eigenvalue weighted by molar-refractivity contribution is 6.31. The van der Waals surface area contributed by atoms with Crippen molar-refractivity contribution in [1.82, 2.24) is 19.6 Å². The molecule has 2 aromatic carbocycles. The van der Waals surface area contributed by atoms with E-state index >= 15 is 0 Å². The van der Waals surface area contributed by atoms with Gasteiger partial charge in [-0.1, -0.05) is 23.7 Å². The van der Waals surface area contributed by atoms with Crippen molar-refractivity contribution < 1.29 is 32.5 Å². The van der Waals surface area contributed by atoms with Crippen molar-refractivity contribution in [2.45, 2.75) is 18.6 Å². The Hall–Kier alpha value is -4.84. The lowest BCUT2D eigenvalue weighted by molar-refractivity contribution is -0.615. The van der Waals surface area contributed by atoms with Crippen molar-refractivity contribution >= 4 is 17.6 Å². The van der Waals surface area contributed by atoms with Crippen molar-refractivity contribution in [3.8, 4) is 28.0 Å². The predicted molar refractivity (Wildman–Crippen MR) is 147 cm³/mol. The Morgan fingerprint density at radius 3 is 2.48 bits per heavy atom. The number of aryl methyl sites for hydroxylation is 1. The average molecular weight is 598 g/mol. The van der Waals surface area contributed by atoms with E-state index in [4.69, 9.17) is 16.3 Å². The van der Waals surface area contributed by atoms with Gasteiger partial charge in [0.15, 0.2) is 12.8 Å². The van der Waals surface area contributed by atoms with Gasteiger partial charge in [-0.2, -0.15) is 28.1 Å². The summed E-state index contributed by atoms with van der Waals surface area (Å²) in [7, 11) is 1.78. The molecule has 5 rings (SSSR count). The maximum Gasteiger partial charge on any atom is 0.422 e. The molecule has 0 saturated heterocycles. The molecule has 1 atom stereocenters. The number of nitrogens with zero attached hydrogens (tertiary/aromatic N) is 5. The second-order valence-corrected chi connectivity index (χ2v) is 9.94. The summed E-state index contributed by atoms with van der Waals surface area (Å²) in [4.78, 5) is 11.2. The fourth-order valence-corrected chi connectivity index (χ4v) is 4.66. The third kappa shape index (κ3) is 6.55. The van der Waals surface area contributed by atoms with Gasteiger partial charge in [-0.15, -0.1) is 0 Å². The Labute approximate surface area is 242 Å². The Kier molecular flexibility index (Phi) is 7.90. The van der Waals surface area contributed by atoms with Crippen LogP contribution in [0.1, 0.15) is 27.8 Å². The minimum absolute atomic E-state index is 0.0693. The summed E-state index contributed by atoms with van der Waals surface area (Å²) in [6.07, 6.45) is 2.15. The maximum atomic E-state index is 13.5. The van der Waals surface area contributed by atoms with E-state index in [0.717, 1.165) is 5.56 Å². The van der Waals surface area contributed by atoms with Crippen molar-refractivity contribution in [1.29, 1.82) is 0 Å². The molecule has 3 heterocycles. The molecule has 0 unspecified atom stereocenters. The summed E-state index contributed by atoms with van der Waals surface area (Å²) in [6.45, 7) is -1.50. The molecule has 5 aromatic rings. The number of hydrogen-bond acceptors (Lipinski definition) is 5. The molecular formula is C29H23ClF3N5O4. The molecule has 13 heteroatoms. The van der Waals surface area contributed by atoms with Crippen LogP contribution in [-0.2, 0) is 13.5 Å². The largest absolute Gasteiger partial charge is 0.618 e. The van der Waals surface area contributed by atoms with Gasteiger partial charge in [-0.05, 0) is 48.0 Å². The highest BCUT2D eigenvalue weighted by Crippen LogP contribution is 2.34. The lowest BCUT2D eigenvalue weighted by Crippen LogP contribution is -2.36. The second kappa shape index (κ2) is 11.6. The van der Waals surface area contributed by atoms with Gasteiger partial charge in [0.2, 0.25) is 5.69 Å². The summed E-state index contributed by atoms with van der Waals surface area (Å²) in [6, 6.07) is 14.9. The van der Waals surface area contributed by atoms with E-state index in [2.05, 4.69) is 10.2 Å². The van der Waals surface area contributed by atoms with Gasteiger partial charge < -0.3 is 15.1 Å². The van der Waals surface area contributed by atoms with E-state index in [9.17, 15) is 28.3 Å². The van der Waals surface area contributed by atoms with Crippen molar-refractivity contribution in [2.24, 2.45) is 7.05 Å². The van der Waals surface area contributed by atoms with Gasteiger partial charge in [0.25, 0.3) is 0 Å². The molecule has 3 aromatic heterocycles. The summed E-state index contributed by atoms with van der Waals surface area (Å²) < 4.78 is 47.3. The first-order chi connectivity index (χ1) is 20.0. The standard InChI is InChI=1S/C29H23ClF3N5O4/c1-36-11-10-23(35-36)13-26(37-15-21(14-34-37)18-2-4-19(5-3-18)28(39)40)25-8-6-20(16-38(25)41)24-12-22(30)7-9-27(24)42-17-29(31,32)33/h2-12,14-16,26H,13,17H2,1H3,(H,39,40)/t26-/m1/s1. The maximum absolute atomic E-state index is 13.5. The van der Waals surface area contributed by atoms with Gasteiger partial charge in [0.1, 0.15) is 11.8 Å². The molecule has 1 N–H and O–H groups in total. The molecule has 0 aliphatic carbocycles. The van der Waals surface area contributed by atoms with E-state index < -0.39 is 24.8 Å². The van der Waals surface area contributed by atoms with Crippen LogP contribution in [0, 0.1) is 5.21 Å². The van der Waals surface area contributed by atoms with Gasteiger partial charge in [0.05, 0.1) is 23.0 Å². The zero-order valence-corrected chi connectivity index (χ0v) is 22.8. The Morgan fingerprint density at radius 2 is 1.83 bits per heavy atom. The number of carboxylic acids is 1. The summed E-state index contributed by atoms with van der Waals surface area (Å²) in [5.41, 5.74) is 3.14. The number of aromatic carboxylic acids is 1. The van der Waals surface area contributed by atoms with Crippen molar-refractivity contribution in [2.75, 3.05) is 6.61 Å². The number of alkyl halides is 3. The predicted octanol–water partition coefficient (Wildman–Crippen LogP) is 5.71. The van der Waals surface area contributed by atoms with Gasteiger partial charge in [-0.3, -0.25) is 9.36 Å². The van der Waals surface area contributed by atoms with Crippen LogP contribution in [0.15, 0.2) is 85.5 Å². The number of carboxylic acid groups (broad SMARTS) is 1. The van der Waals surface area contributed by atoms with E-state index in [0.29, 0.717) is 33.7 Å². The molecule has 0 saturated carbocycles. The quantitative estimate of drug-likeness (QED) is 0.172. The van der Waals surface area contributed by atoms with Crippen LogP contribution < -0.4 is 9.47 Å². The van der Waals surface area contributed by atoms with E-state index in [1.165, 1.54) is 36.5 Å². The zero-order chi connectivity index (χ0) is 30.0. The number of carbonyl (C=O) groups is 1. The highest BCUT2D eigenvalue weighted by Gasteiger charge is 2.30. The van der Waals surface area contributed by atoms with Crippen molar-refractivity contribution in [3.05, 3.63) is 113 Å². The number of halogens is 4. The molecule has 0 fully saturated rings. The van der Waals surface area contributed by atoms with E-state index in [-0.39, 0.29) is 21.9 Å².